The lowest BCUT2D eigenvalue weighted by Gasteiger charge is -2.10. The third-order valence-electron chi connectivity index (χ3n) is 1.36. The fraction of sp³-hybridized carbons (Fsp3) is 0.714. The van der Waals surface area contributed by atoms with Crippen molar-refractivity contribution in [1.82, 2.24) is 0 Å². The summed E-state index contributed by atoms with van der Waals surface area (Å²) in [5.41, 5.74) is 0. The van der Waals surface area contributed by atoms with Crippen LogP contribution >= 0.6 is 0 Å². The Hall–Kier alpha value is -1.10. The highest BCUT2D eigenvalue weighted by atomic mass is 16.5. The maximum atomic E-state index is 10.8. The van der Waals surface area contributed by atoms with Crippen LogP contribution in [-0.2, 0) is 14.3 Å². The summed E-state index contributed by atoms with van der Waals surface area (Å²) in [7, 11) is 1.11. The Morgan fingerprint density at radius 2 is 2.00 bits per heavy atom. The minimum absolute atomic E-state index is 0.123. The number of aliphatic carboxylic acids is 1. The number of carboxylic acid groups (broad SMARTS) is 1. The van der Waals surface area contributed by atoms with Crippen molar-refractivity contribution in [2.75, 3.05) is 7.11 Å². The molecule has 0 amide bonds. The second-order valence-corrected chi connectivity index (χ2v) is 2.50. The van der Waals surface area contributed by atoms with Crippen LogP contribution in [0.4, 0.5) is 0 Å². The molecule has 70 valence electrons. The zero-order valence-electron chi connectivity index (χ0n) is 6.98. The highest BCUT2D eigenvalue weighted by Gasteiger charge is 2.28. The molecule has 0 aliphatic rings. The first-order valence-corrected chi connectivity index (χ1v) is 3.47. The lowest BCUT2D eigenvalue weighted by molar-refractivity contribution is -0.158. The number of aliphatic hydroxyl groups excluding tert-OH is 1. The molecule has 2 N–H and O–H groups in total. The Kier molecular flexibility index (Phi) is 4.28. The molecule has 0 saturated carbocycles. The van der Waals surface area contributed by atoms with Gasteiger partial charge in [-0.25, -0.2) is 0 Å². The number of esters is 1. The number of carboxylic acids is 1. The highest BCUT2D eigenvalue weighted by molar-refractivity contribution is 5.93. The van der Waals surface area contributed by atoms with Gasteiger partial charge in [-0.1, -0.05) is 0 Å². The van der Waals surface area contributed by atoms with E-state index in [1.807, 2.05) is 0 Å². The van der Waals surface area contributed by atoms with Crippen molar-refractivity contribution in [3.63, 3.8) is 0 Å². The molecule has 0 rings (SSSR count). The molecule has 0 heterocycles. The minimum atomic E-state index is -1.28. The summed E-state index contributed by atoms with van der Waals surface area (Å²) in [4.78, 5) is 21.2. The smallest absolute Gasteiger partial charge is 0.320 e. The van der Waals surface area contributed by atoms with Gasteiger partial charge in [-0.15, -0.1) is 0 Å². The molecular weight excluding hydrogens is 164 g/mol. The van der Waals surface area contributed by atoms with Gasteiger partial charge in [-0.2, -0.15) is 0 Å². The number of ether oxygens (including phenoxy) is 1. The van der Waals surface area contributed by atoms with Crippen LogP contribution in [0, 0.1) is 5.92 Å². The monoisotopic (exact) mass is 176 g/mol. The molecule has 12 heavy (non-hydrogen) atoms. The average Bonchev–Trinajstić information content (AvgIpc) is 1.98. The van der Waals surface area contributed by atoms with Gasteiger partial charge in [0.05, 0.1) is 13.2 Å². The second-order valence-electron chi connectivity index (χ2n) is 2.50. The maximum Gasteiger partial charge on any atom is 0.320 e. The number of hydrogen-bond donors (Lipinski definition) is 2. The van der Waals surface area contributed by atoms with Crippen molar-refractivity contribution in [3.05, 3.63) is 0 Å². The summed E-state index contributed by atoms with van der Waals surface area (Å²) in [6, 6.07) is 0. The van der Waals surface area contributed by atoms with E-state index >= 15 is 0 Å². The lowest BCUT2D eigenvalue weighted by Crippen LogP contribution is -2.28. The molecule has 0 aliphatic carbocycles. The highest BCUT2D eigenvalue weighted by Crippen LogP contribution is 2.08. The van der Waals surface area contributed by atoms with Crippen LogP contribution in [0.5, 0.6) is 0 Å². The molecule has 0 radical (unpaired) electrons. The number of carbonyl (C=O) groups excluding carboxylic acids is 1. The van der Waals surface area contributed by atoms with Crippen LogP contribution in [0.2, 0.25) is 0 Å². The molecule has 0 aromatic carbocycles. The molecule has 0 aromatic heterocycles. The molecule has 5 heteroatoms. The average molecular weight is 176 g/mol. The van der Waals surface area contributed by atoms with Gasteiger partial charge in [0.25, 0.3) is 0 Å². The van der Waals surface area contributed by atoms with Crippen LogP contribution in [0.1, 0.15) is 13.3 Å². The van der Waals surface area contributed by atoms with E-state index in [1.165, 1.54) is 6.92 Å². The van der Waals surface area contributed by atoms with Crippen molar-refractivity contribution in [2.24, 2.45) is 5.92 Å². The normalized spacial score (nSPS) is 14.9. The molecule has 0 aromatic rings. The predicted octanol–water partition coefficient (Wildman–Crippen LogP) is -0.369. The summed E-state index contributed by atoms with van der Waals surface area (Å²) in [6.07, 6.45) is -0.952. The first-order valence-electron chi connectivity index (χ1n) is 3.47. The minimum Gasteiger partial charge on any atom is -0.481 e. The van der Waals surface area contributed by atoms with Gasteiger partial charge in [0, 0.05) is 0 Å². The Morgan fingerprint density at radius 3 is 2.25 bits per heavy atom. The van der Waals surface area contributed by atoms with Crippen molar-refractivity contribution in [3.8, 4) is 0 Å². The topological polar surface area (TPSA) is 83.8 Å². The lowest BCUT2D eigenvalue weighted by atomic mass is 10.0. The quantitative estimate of drug-likeness (QED) is 0.451. The zero-order chi connectivity index (χ0) is 9.72. The Morgan fingerprint density at radius 1 is 1.50 bits per heavy atom. The molecule has 2 atom stereocenters. The van der Waals surface area contributed by atoms with Gasteiger partial charge in [0.2, 0.25) is 0 Å². The molecule has 0 bridgehead atoms. The molecule has 0 fully saturated rings. The number of aliphatic hydroxyl groups is 1. The van der Waals surface area contributed by atoms with Gasteiger partial charge in [0.1, 0.15) is 0 Å². The standard InChI is InChI=1S/C7H12O5/c1-4(8)3-5(6(9)10)7(11)12-2/h4-5,8H,3H2,1-2H3,(H,9,10). The first-order chi connectivity index (χ1) is 5.49. The van der Waals surface area contributed by atoms with Gasteiger partial charge < -0.3 is 14.9 Å². The van der Waals surface area contributed by atoms with Crippen molar-refractivity contribution in [2.45, 2.75) is 19.4 Å². The van der Waals surface area contributed by atoms with Crippen LogP contribution in [-0.4, -0.2) is 35.4 Å². The third kappa shape index (κ3) is 3.34. The van der Waals surface area contributed by atoms with Crippen LogP contribution in [0.15, 0.2) is 0 Å². The van der Waals surface area contributed by atoms with E-state index < -0.39 is 24.0 Å². The van der Waals surface area contributed by atoms with E-state index in [4.69, 9.17) is 10.2 Å². The van der Waals surface area contributed by atoms with E-state index in [0.717, 1.165) is 7.11 Å². The fourth-order valence-corrected chi connectivity index (χ4v) is 0.781. The number of hydrogen-bond acceptors (Lipinski definition) is 4. The number of rotatable bonds is 4. The van der Waals surface area contributed by atoms with Crippen molar-refractivity contribution < 1.29 is 24.5 Å². The summed E-state index contributed by atoms with van der Waals surface area (Å²) < 4.78 is 4.24. The van der Waals surface area contributed by atoms with Crippen LogP contribution < -0.4 is 0 Å². The van der Waals surface area contributed by atoms with Gasteiger partial charge in [-0.3, -0.25) is 9.59 Å². The van der Waals surface area contributed by atoms with E-state index in [1.54, 1.807) is 0 Å². The molecule has 0 spiro atoms. The van der Waals surface area contributed by atoms with Gasteiger partial charge >= 0.3 is 11.9 Å². The number of carbonyl (C=O) groups is 2. The SMILES string of the molecule is COC(=O)C(CC(C)O)C(=O)O. The first kappa shape index (κ1) is 10.9. The maximum absolute atomic E-state index is 10.8. The Labute approximate surface area is 70.0 Å². The summed E-state index contributed by atoms with van der Waals surface area (Å²) in [5, 5.41) is 17.4. The predicted molar refractivity (Wildman–Crippen MR) is 39.4 cm³/mol. The number of methoxy groups -OCH3 is 1. The van der Waals surface area contributed by atoms with E-state index in [-0.39, 0.29) is 6.42 Å². The van der Waals surface area contributed by atoms with Crippen LogP contribution in [0.3, 0.4) is 0 Å². The molecule has 2 unspecified atom stereocenters. The van der Waals surface area contributed by atoms with E-state index in [9.17, 15) is 9.59 Å². The Bertz CT molecular complexity index is 175. The van der Waals surface area contributed by atoms with Gasteiger partial charge in [-0.05, 0) is 13.3 Å². The summed E-state index contributed by atoms with van der Waals surface area (Å²) in [6.45, 7) is 1.42. The fourth-order valence-electron chi connectivity index (χ4n) is 0.781. The van der Waals surface area contributed by atoms with Crippen molar-refractivity contribution >= 4 is 11.9 Å². The van der Waals surface area contributed by atoms with E-state index in [2.05, 4.69) is 4.74 Å². The summed E-state index contributed by atoms with van der Waals surface area (Å²) in [5.74, 6) is -3.37. The Balaban J connectivity index is 4.23. The van der Waals surface area contributed by atoms with Crippen molar-refractivity contribution in [1.29, 1.82) is 0 Å². The third-order valence-corrected chi connectivity index (χ3v) is 1.36. The molecule has 0 aliphatic heterocycles. The molecular formula is C7H12O5. The molecule has 0 saturated heterocycles. The largest absolute Gasteiger partial charge is 0.481 e. The molecule has 5 nitrogen and oxygen atoms in total. The second kappa shape index (κ2) is 4.71. The zero-order valence-corrected chi connectivity index (χ0v) is 6.98. The van der Waals surface area contributed by atoms with Gasteiger partial charge in [0.15, 0.2) is 5.92 Å². The van der Waals surface area contributed by atoms with E-state index in [0.29, 0.717) is 0 Å². The summed E-state index contributed by atoms with van der Waals surface area (Å²) >= 11 is 0. The van der Waals surface area contributed by atoms with Crippen LogP contribution in [0.25, 0.3) is 0 Å².